The minimum atomic E-state index is -0.432. The SMILES string of the molecule is COC(=O)C=Cc1ccc(OCCCOc2ccc(C=CC(=O)OC)cc2OC)c(OC)c1. The molecule has 0 spiro atoms. The van der Waals surface area contributed by atoms with Crippen LogP contribution in [-0.2, 0) is 19.1 Å². The Morgan fingerprint density at radius 2 is 1.09 bits per heavy atom. The normalized spacial score (nSPS) is 10.8. The molecule has 0 amide bonds. The molecule has 0 saturated heterocycles. The lowest BCUT2D eigenvalue weighted by Gasteiger charge is -2.13. The van der Waals surface area contributed by atoms with Gasteiger partial charge in [-0.3, -0.25) is 0 Å². The predicted octanol–water partition coefficient (Wildman–Crippen LogP) is 3.92. The van der Waals surface area contributed by atoms with Crippen molar-refractivity contribution < 1.29 is 38.0 Å². The lowest BCUT2D eigenvalue weighted by Crippen LogP contribution is -2.06. The highest BCUT2D eigenvalue weighted by molar-refractivity contribution is 5.87. The number of hydrogen-bond donors (Lipinski definition) is 0. The van der Waals surface area contributed by atoms with Gasteiger partial charge in [0.05, 0.1) is 41.7 Å². The molecule has 33 heavy (non-hydrogen) atoms. The Bertz CT molecular complexity index is 914. The molecule has 0 aliphatic heterocycles. The Morgan fingerprint density at radius 1 is 0.667 bits per heavy atom. The van der Waals surface area contributed by atoms with Crippen molar-refractivity contribution >= 4 is 24.1 Å². The van der Waals surface area contributed by atoms with Gasteiger partial charge in [0.1, 0.15) is 0 Å². The van der Waals surface area contributed by atoms with Crippen LogP contribution >= 0.6 is 0 Å². The van der Waals surface area contributed by atoms with Gasteiger partial charge in [-0.05, 0) is 47.5 Å². The van der Waals surface area contributed by atoms with Gasteiger partial charge in [-0.1, -0.05) is 12.1 Å². The Balaban J connectivity index is 1.87. The fourth-order valence-electron chi connectivity index (χ4n) is 2.70. The van der Waals surface area contributed by atoms with Gasteiger partial charge < -0.3 is 28.4 Å². The minimum Gasteiger partial charge on any atom is -0.493 e. The van der Waals surface area contributed by atoms with E-state index in [0.29, 0.717) is 42.6 Å². The number of methoxy groups -OCH3 is 4. The topological polar surface area (TPSA) is 89.5 Å². The number of carbonyl (C=O) groups is 2. The van der Waals surface area contributed by atoms with Gasteiger partial charge in [0.2, 0.25) is 0 Å². The standard InChI is InChI=1S/C25H28O8/c1-28-22-16-18(8-12-24(26)30-3)6-10-20(22)32-14-5-15-33-21-11-7-19(17-23(21)29-2)9-13-25(27)31-4/h6-13,16-17H,5,14-15H2,1-4H3. The van der Waals surface area contributed by atoms with Crippen LogP contribution < -0.4 is 18.9 Å². The van der Waals surface area contributed by atoms with Crippen molar-refractivity contribution in [1.82, 2.24) is 0 Å². The Kier molecular flexibility index (Phi) is 10.3. The molecule has 2 aromatic rings. The molecule has 0 aromatic heterocycles. The van der Waals surface area contributed by atoms with Gasteiger partial charge >= 0.3 is 11.9 Å². The molecule has 0 N–H and O–H groups in total. The van der Waals surface area contributed by atoms with Crippen LogP contribution in [-0.4, -0.2) is 53.6 Å². The smallest absolute Gasteiger partial charge is 0.330 e. The molecule has 0 unspecified atom stereocenters. The molecule has 8 heteroatoms. The van der Waals surface area contributed by atoms with Gasteiger partial charge in [0, 0.05) is 18.6 Å². The van der Waals surface area contributed by atoms with Crippen molar-refractivity contribution in [3.05, 3.63) is 59.7 Å². The number of rotatable bonds is 12. The van der Waals surface area contributed by atoms with Gasteiger partial charge in [-0.25, -0.2) is 9.59 Å². The van der Waals surface area contributed by atoms with E-state index in [1.165, 1.54) is 26.4 Å². The predicted molar refractivity (Wildman–Crippen MR) is 124 cm³/mol. The number of esters is 2. The molecule has 8 nitrogen and oxygen atoms in total. The average molecular weight is 456 g/mol. The number of ether oxygens (including phenoxy) is 6. The van der Waals surface area contributed by atoms with E-state index in [-0.39, 0.29) is 0 Å². The van der Waals surface area contributed by atoms with Crippen molar-refractivity contribution in [2.75, 3.05) is 41.7 Å². The lowest BCUT2D eigenvalue weighted by molar-refractivity contribution is -0.135. The van der Waals surface area contributed by atoms with Crippen LogP contribution in [0.2, 0.25) is 0 Å². The molecule has 2 rings (SSSR count). The van der Waals surface area contributed by atoms with E-state index in [1.54, 1.807) is 50.6 Å². The summed E-state index contributed by atoms with van der Waals surface area (Å²) in [5.41, 5.74) is 1.56. The van der Waals surface area contributed by atoms with E-state index in [2.05, 4.69) is 9.47 Å². The highest BCUT2D eigenvalue weighted by atomic mass is 16.5. The summed E-state index contributed by atoms with van der Waals surface area (Å²) in [4.78, 5) is 22.5. The Hall–Kier alpha value is -3.94. The van der Waals surface area contributed by atoms with Gasteiger partial charge in [-0.2, -0.15) is 0 Å². The summed E-state index contributed by atoms with van der Waals surface area (Å²) in [6.45, 7) is 0.825. The largest absolute Gasteiger partial charge is 0.493 e. The number of carbonyl (C=O) groups excluding carboxylic acids is 2. The molecule has 0 bridgehead atoms. The van der Waals surface area contributed by atoms with E-state index < -0.39 is 11.9 Å². The molecule has 0 aliphatic carbocycles. The zero-order valence-electron chi connectivity index (χ0n) is 19.2. The molecule has 0 saturated carbocycles. The van der Waals surface area contributed by atoms with Gasteiger partial charge in [0.15, 0.2) is 23.0 Å². The van der Waals surface area contributed by atoms with E-state index in [0.717, 1.165) is 11.1 Å². The first-order chi connectivity index (χ1) is 16.0. The fourth-order valence-corrected chi connectivity index (χ4v) is 2.70. The molecule has 0 radical (unpaired) electrons. The monoisotopic (exact) mass is 456 g/mol. The van der Waals surface area contributed by atoms with Crippen LogP contribution in [0, 0.1) is 0 Å². The third kappa shape index (κ3) is 8.25. The quantitative estimate of drug-likeness (QED) is 0.270. The molecular formula is C25H28O8. The van der Waals surface area contributed by atoms with Crippen LogP contribution in [0.5, 0.6) is 23.0 Å². The van der Waals surface area contributed by atoms with Crippen molar-refractivity contribution in [3.8, 4) is 23.0 Å². The molecular weight excluding hydrogens is 428 g/mol. The van der Waals surface area contributed by atoms with Gasteiger partial charge in [-0.15, -0.1) is 0 Å². The summed E-state index contributed by atoms with van der Waals surface area (Å²) in [5, 5.41) is 0. The van der Waals surface area contributed by atoms with Crippen LogP contribution in [0.15, 0.2) is 48.6 Å². The maximum Gasteiger partial charge on any atom is 0.330 e. The summed E-state index contributed by atoms with van der Waals surface area (Å²) >= 11 is 0. The lowest BCUT2D eigenvalue weighted by atomic mass is 10.2. The van der Waals surface area contributed by atoms with Crippen molar-refractivity contribution in [3.63, 3.8) is 0 Å². The summed E-state index contributed by atoms with van der Waals surface area (Å²) in [5.74, 6) is 1.43. The molecule has 176 valence electrons. The van der Waals surface area contributed by atoms with Crippen molar-refractivity contribution in [1.29, 1.82) is 0 Å². The van der Waals surface area contributed by atoms with Crippen molar-refractivity contribution in [2.45, 2.75) is 6.42 Å². The second-order valence-electron chi connectivity index (χ2n) is 6.58. The molecule has 0 fully saturated rings. The highest BCUT2D eigenvalue weighted by Crippen LogP contribution is 2.30. The zero-order chi connectivity index (χ0) is 24.1. The van der Waals surface area contributed by atoms with Crippen molar-refractivity contribution in [2.24, 2.45) is 0 Å². The summed E-state index contributed by atoms with van der Waals surface area (Å²) < 4.78 is 31.5. The molecule has 2 aromatic carbocycles. The fraction of sp³-hybridized carbons (Fsp3) is 0.280. The Labute approximate surface area is 193 Å². The molecule has 0 heterocycles. The van der Waals surface area contributed by atoms with E-state index >= 15 is 0 Å². The van der Waals surface area contributed by atoms with E-state index in [1.807, 2.05) is 12.1 Å². The van der Waals surface area contributed by atoms with Crippen LogP contribution in [0.4, 0.5) is 0 Å². The Morgan fingerprint density at radius 3 is 1.45 bits per heavy atom. The van der Waals surface area contributed by atoms with Crippen LogP contribution in [0.3, 0.4) is 0 Å². The maximum atomic E-state index is 11.2. The second kappa shape index (κ2) is 13.5. The zero-order valence-corrected chi connectivity index (χ0v) is 19.2. The maximum absolute atomic E-state index is 11.2. The second-order valence-corrected chi connectivity index (χ2v) is 6.58. The number of hydrogen-bond acceptors (Lipinski definition) is 8. The first kappa shape index (κ1) is 25.3. The summed E-state index contributed by atoms with van der Waals surface area (Å²) in [6, 6.07) is 10.7. The molecule has 0 aliphatic rings. The highest BCUT2D eigenvalue weighted by Gasteiger charge is 2.07. The van der Waals surface area contributed by atoms with Gasteiger partial charge in [0.25, 0.3) is 0 Å². The third-order valence-electron chi connectivity index (χ3n) is 4.41. The number of benzene rings is 2. The minimum absolute atomic E-state index is 0.413. The van der Waals surface area contributed by atoms with Crippen LogP contribution in [0.1, 0.15) is 17.5 Å². The van der Waals surface area contributed by atoms with E-state index in [9.17, 15) is 9.59 Å². The molecule has 0 atom stereocenters. The third-order valence-corrected chi connectivity index (χ3v) is 4.41. The first-order valence-corrected chi connectivity index (χ1v) is 10.1. The average Bonchev–Trinajstić information content (AvgIpc) is 2.86. The van der Waals surface area contributed by atoms with Crippen LogP contribution in [0.25, 0.3) is 12.2 Å². The summed E-state index contributed by atoms with van der Waals surface area (Å²) in [7, 11) is 5.75. The van der Waals surface area contributed by atoms with E-state index in [4.69, 9.17) is 18.9 Å². The summed E-state index contributed by atoms with van der Waals surface area (Å²) in [6.07, 6.45) is 6.57. The first-order valence-electron chi connectivity index (χ1n) is 10.1.